The Bertz CT molecular complexity index is 604. The molecule has 0 radical (unpaired) electrons. The van der Waals surface area contributed by atoms with E-state index in [9.17, 15) is 4.79 Å². The second kappa shape index (κ2) is 8.80. The van der Waals surface area contributed by atoms with Crippen LogP contribution in [0.4, 0.5) is 10.5 Å². The lowest BCUT2D eigenvalue weighted by molar-refractivity contribution is 0.00852. The summed E-state index contributed by atoms with van der Waals surface area (Å²) >= 11 is 8.57. The third-order valence-corrected chi connectivity index (χ3v) is 5.20. The van der Waals surface area contributed by atoms with E-state index in [1.807, 2.05) is 43.9 Å². The molecular weight excluding hydrogens is 451 g/mol. The number of amides is 1. The number of nitrogens with one attached hydrogen (secondary N) is 1. The van der Waals surface area contributed by atoms with E-state index in [1.54, 1.807) is 0 Å². The van der Waals surface area contributed by atoms with Gasteiger partial charge in [0.2, 0.25) is 0 Å². The van der Waals surface area contributed by atoms with Crippen molar-refractivity contribution < 1.29 is 9.53 Å². The Morgan fingerprint density at radius 2 is 2.16 bits per heavy atom. The number of benzene rings is 1. The molecule has 2 rings (SSSR count). The lowest BCUT2D eigenvalue weighted by Crippen LogP contribution is -2.47. The lowest BCUT2D eigenvalue weighted by Gasteiger charge is -2.38. The van der Waals surface area contributed by atoms with Crippen LogP contribution in [0.25, 0.3) is 0 Å². The van der Waals surface area contributed by atoms with Crippen molar-refractivity contribution in [3.63, 3.8) is 0 Å². The number of hydrogen-bond acceptors (Lipinski definition) is 3. The normalized spacial score (nSPS) is 19.4. The maximum atomic E-state index is 12.5. The molecule has 1 fully saturated rings. The van der Waals surface area contributed by atoms with E-state index in [0.29, 0.717) is 0 Å². The van der Waals surface area contributed by atoms with E-state index in [4.69, 9.17) is 16.3 Å². The van der Waals surface area contributed by atoms with E-state index in [2.05, 4.69) is 34.8 Å². The molecule has 1 aliphatic heterocycles. The third-order valence-electron chi connectivity index (χ3n) is 4.21. The average molecular weight is 479 g/mol. The Kier molecular flexibility index (Phi) is 7.26. The molecule has 2 unspecified atom stereocenters. The van der Waals surface area contributed by atoms with Crippen LogP contribution in [0.3, 0.4) is 0 Å². The zero-order valence-corrected chi connectivity index (χ0v) is 18.4. The quantitative estimate of drug-likeness (QED) is 0.546. The Morgan fingerprint density at radius 3 is 2.80 bits per heavy atom. The molecule has 25 heavy (non-hydrogen) atoms. The molecule has 1 aromatic carbocycles. The lowest BCUT2D eigenvalue weighted by atomic mass is 9.96. The minimum Gasteiger partial charge on any atom is -0.444 e. The third kappa shape index (κ3) is 6.51. The van der Waals surface area contributed by atoms with Crippen molar-refractivity contribution in [2.75, 3.05) is 11.9 Å². The number of carbonyl (C=O) groups excluding carboxylic acids is 1. The molecule has 0 aromatic heterocycles. The van der Waals surface area contributed by atoms with Crippen LogP contribution in [-0.2, 0) is 4.74 Å². The van der Waals surface area contributed by atoms with Crippen LogP contribution in [0.2, 0.25) is 5.02 Å². The highest BCUT2D eigenvalue weighted by molar-refractivity contribution is 14.1. The summed E-state index contributed by atoms with van der Waals surface area (Å²) in [5, 5.41) is 4.21. The van der Waals surface area contributed by atoms with Crippen LogP contribution in [0.5, 0.6) is 0 Å². The van der Waals surface area contributed by atoms with Crippen molar-refractivity contribution in [3.05, 3.63) is 26.8 Å². The molecule has 2 atom stereocenters. The molecule has 0 spiro atoms. The summed E-state index contributed by atoms with van der Waals surface area (Å²) in [6.07, 6.45) is 3.89. The summed E-state index contributed by atoms with van der Waals surface area (Å²) in [5.74, 6) is 0. The van der Waals surface area contributed by atoms with Crippen LogP contribution >= 0.6 is 34.2 Å². The number of likely N-dealkylation sites (tertiary alicyclic amines) is 1. The minimum absolute atomic E-state index is 0.198. The van der Waals surface area contributed by atoms with Crippen LogP contribution in [0.15, 0.2) is 18.2 Å². The fraction of sp³-hybridized carbons (Fsp3) is 0.632. The number of carbonyl (C=O) groups is 1. The standard InChI is InChI=1S/C19H28ClIN2O2/c1-13(22-17-9-8-14(21)12-16(17)20)11-15-7-5-6-10-23(15)18(24)25-19(2,3)4/h8-9,12-13,15,22H,5-7,10-11H2,1-4H3. The fourth-order valence-electron chi connectivity index (χ4n) is 3.15. The van der Waals surface area contributed by atoms with Gasteiger partial charge in [0.1, 0.15) is 5.60 Å². The number of rotatable bonds is 4. The molecule has 0 saturated carbocycles. The molecule has 1 aromatic rings. The van der Waals surface area contributed by atoms with Gasteiger partial charge < -0.3 is 15.0 Å². The Labute approximate surface area is 169 Å². The summed E-state index contributed by atoms with van der Waals surface area (Å²) in [6.45, 7) is 8.64. The monoisotopic (exact) mass is 478 g/mol. The molecule has 0 aliphatic carbocycles. The zero-order valence-electron chi connectivity index (χ0n) is 15.4. The molecule has 140 valence electrons. The van der Waals surface area contributed by atoms with E-state index in [1.165, 1.54) is 0 Å². The molecule has 1 aliphatic rings. The smallest absolute Gasteiger partial charge is 0.410 e. The SMILES string of the molecule is CC(CC1CCCCN1C(=O)OC(C)(C)C)Nc1ccc(I)cc1Cl. The average Bonchev–Trinajstić information content (AvgIpc) is 2.49. The predicted octanol–water partition coefficient (Wildman–Crippen LogP) is 5.92. The van der Waals surface area contributed by atoms with Crippen molar-refractivity contribution in [2.24, 2.45) is 0 Å². The van der Waals surface area contributed by atoms with E-state index >= 15 is 0 Å². The highest BCUT2D eigenvalue weighted by Gasteiger charge is 2.31. The largest absolute Gasteiger partial charge is 0.444 e. The molecular formula is C19H28ClIN2O2. The maximum absolute atomic E-state index is 12.5. The number of hydrogen-bond donors (Lipinski definition) is 1. The van der Waals surface area contributed by atoms with Crippen molar-refractivity contribution >= 4 is 46.0 Å². The summed E-state index contributed by atoms with van der Waals surface area (Å²) in [6, 6.07) is 6.41. The van der Waals surface area contributed by atoms with Crippen LogP contribution in [0.1, 0.15) is 53.4 Å². The van der Waals surface area contributed by atoms with Crippen molar-refractivity contribution in [3.8, 4) is 0 Å². The van der Waals surface area contributed by atoms with Gasteiger partial charge in [-0.3, -0.25) is 0 Å². The fourth-order valence-corrected chi connectivity index (χ4v) is 4.06. The maximum Gasteiger partial charge on any atom is 0.410 e. The number of anilines is 1. The second-order valence-electron chi connectivity index (χ2n) is 7.73. The first kappa shape index (κ1) is 20.6. The van der Waals surface area contributed by atoms with Gasteiger partial charge in [-0.15, -0.1) is 0 Å². The summed E-state index contributed by atoms with van der Waals surface area (Å²) < 4.78 is 6.70. The molecule has 1 saturated heterocycles. The van der Waals surface area contributed by atoms with Crippen molar-refractivity contribution in [1.29, 1.82) is 0 Å². The van der Waals surface area contributed by atoms with Gasteiger partial charge in [0.25, 0.3) is 0 Å². The summed E-state index contributed by atoms with van der Waals surface area (Å²) in [4.78, 5) is 14.4. The first-order valence-corrected chi connectivity index (χ1v) is 10.3. The van der Waals surface area contributed by atoms with Crippen LogP contribution in [0, 0.1) is 3.57 Å². The van der Waals surface area contributed by atoms with Gasteiger partial charge in [-0.25, -0.2) is 4.79 Å². The minimum atomic E-state index is -0.461. The van der Waals surface area contributed by atoms with Gasteiger partial charge in [-0.05, 0) is 94.2 Å². The number of nitrogens with zero attached hydrogens (tertiary/aromatic N) is 1. The number of piperidine rings is 1. The number of ether oxygens (including phenoxy) is 1. The van der Waals surface area contributed by atoms with Gasteiger partial charge in [0, 0.05) is 22.2 Å². The number of halogens is 2. The van der Waals surface area contributed by atoms with Crippen molar-refractivity contribution in [2.45, 2.75) is 71.1 Å². The van der Waals surface area contributed by atoms with E-state index in [0.717, 1.165) is 46.5 Å². The first-order chi connectivity index (χ1) is 11.7. The van der Waals surface area contributed by atoms with Gasteiger partial charge in [-0.2, -0.15) is 0 Å². The molecule has 1 heterocycles. The second-order valence-corrected chi connectivity index (χ2v) is 9.38. The summed E-state index contributed by atoms with van der Waals surface area (Å²) in [7, 11) is 0. The summed E-state index contributed by atoms with van der Waals surface area (Å²) in [5.41, 5.74) is 0.478. The zero-order chi connectivity index (χ0) is 18.6. The molecule has 1 N–H and O–H groups in total. The van der Waals surface area contributed by atoms with Gasteiger partial charge >= 0.3 is 6.09 Å². The van der Waals surface area contributed by atoms with Gasteiger partial charge in [0.15, 0.2) is 0 Å². The van der Waals surface area contributed by atoms with E-state index < -0.39 is 5.60 Å². The van der Waals surface area contributed by atoms with Gasteiger partial charge in [0.05, 0.1) is 10.7 Å². The Morgan fingerprint density at radius 1 is 1.44 bits per heavy atom. The Balaban J connectivity index is 1.99. The van der Waals surface area contributed by atoms with Crippen LogP contribution in [-0.4, -0.2) is 35.2 Å². The molecule has 4 nitrogen and oxygen atoms in total. The highest BCUT2D eigenvalue weighted by atomic mass is 127. The molecule has 6 heteroatoms. The van der Waals surface area contributed by atoms with Gasteiger partial charge in [-0.1, -0.05) is 11.6 Å². The van der Waals surface area contributed by atoms with Crippen molar-refractivity contribution in [1.82, 2.24) is 4.90 Å². The molecule has 0 bridgehead atoms. The molecule has 1 amide bonds. The predicted molar refractivity (Wildman–Crippen MR) is 112 cm³/mol. The van der Waals surface area contributed by atoms with Crippen LogP contribution < -0.4 is 5.32 Å². The van der Waals surface area contributed by atoms with E-state index in [-0.39, 0.29) is 18.2 Å². The highest BCUT2D eigenvalue weighted by Crippen LogP contribution is 2.27. The topological polar surface area (TPSA) is 41.6 Å². The first-order valence-electron chi connectivity index (χ1n) is 8.87. The Hall–Kier alpha value is -0.690.